The Bertz CT molecular complexity index is 673. The summed E-state index contributed by atoms with van der Waals surface area (Å²) in [4.78, 5) is 46.0. The fourth-order valence-electron chi connectivity index (χ4n) is 1.98. The molecule has 3 N–H and O–H groups in total. The second kappa shape index (κ2) is 9.39. The van der Waals surface area contributed by atoms with E-state index in [-0.39, 0.29) is 59.1 Å². The van der Waals surface area contributed by atoms with Gasteiger partial charge >= 0.3 is 64.8 Å². The average molecular weight is 368 g/mol. The SMILES string of the molecule is O=c1ccn([C@@H]2O[C@H](CO)[C@@H](O)[C@H]2OP(=O)([O-])[O-])c(=O)[nH]1.[Na+].[Na+]. The molecule has 0 spiro atoms. The predicted octanol–water partition coefficient (Wildman–Crippen LogP) is -9.99. The number of nitrogens with one attached hydrogen (secondary N) is 1. The predicted molar refractivity (Wildman–Crippen MR) is 60.8 cm³/mol. The summed E-state index contributed by atoms with van der Waals surface area (Å²) in [6, 6.07) is 0.953. The van der Waals surface area contributed by atoms with Crippen molar-refractivity contribution in [2.24, 2.45) is 0 Å². The molecule has 23 heavy (non-hydrogen) atoms. The summed E-state index contributed by atoms with van der Waals surface area (Å²) in [6.45, 7) is -0.697. The molecule has 0 aromatic carbocycles. The number of ether oxygens (including phenoxy) is 1. The number of nitrogens with zero attached hydrogens (tertiary/aromatic N) is 1. The molecule has 118 valence electrons. The Morgan fingerprint density at radius 2 is 2.00 bits per heavy atom. The number of H-pyrrole nitrogens is 1. The van der Waals surface area contributed by atoms with Gasteiger partial charge in [0, 0.05) is 12.3 Å². The van der Waals surface area contributed by atoms with E-state index < -0.39 is 50.2 Å². The molecule has 0 unspecified atom stereocenters. The topological polar surface area (TPSA) is 177 Å². The Morgan fingerprint density at radius 3 is 2.48 bits per heavy atom. The van der Waals surface area contributed by atoms with Crippen LogP contribution in [0.2, 0.25) is 0 Å². The molecule has 11 nitrogen and oxygen atoms in total. The Labute approximate surface area is 173 Å². The zero-order valence-electron chi connectivity index (χ0n) is 12.3. The molecular formula is C9H11N2Na2O9P. The number of rotatable bonds is 4. The van der Waals surface area contributed by atoms with Crippen molar-refractivity contribution in [2.75, 3.05) is 6.61 Å². The number of hydrogen-bond donors (Lipinski definition) is 3. The van der Waals surface area contributed by atoms with Crippen LogP contribution >= 0.6 is 7.82 Å². The first-order chi connectivity index (χ1) is 9.73. The van der Waals surface area contributed by atoms with Gasteiger partial charge in [-0.15, -0.1) is 0 Å². The van der Waals surface area contributed by atoms with E-state index in [1.165, 1.54) is 0 Å². The van der Waals surface area contributed by atoms with Crippen LogP contribution in [0.1, 0.15) is 6.23 Å². The van der Waals surface area contributed by atoms with Crippen molar-refractivity contribution in [3.8, 4) is 0 Å². The van der Waals surface area contributed by atoms with E-state index in [0.29, 0.717) is 0 Å². The summed E-state index contributed by atoms with van der Waals surface area (Å²) in [5, 5.41) is 18.8. The van der Waals surface area contributed by atoms with Crippen LogP contribution in [-0.4, -0.2) is 44.7 Å². The van der Waals surface area contributed by atoms with E-state index in [1.54, 1.807) is 0 Å². The quantitative estimate of drug-likeness (QED) is 0.344. The molecule has 1 aliphatic rings. The van der Waals surface area contributed by atoms with Crippen LogP contribution in [-0.2, 0) is 13.8 Å². The standard InChI is InChI=1S/C9H13N2O9P.2Na/c12-3-4-6(14)7(20-21(16,17)18)8(19-4)11-2-1-5(13)10-9(11)15;;/h1-2,4,6-8,12,14H,3H2,(H,10,13,15)(H2,16,17,18);;/q;2*+1/p-2/t4-,6-,7-,8-;;/m1../s1. The van der Waals surface area contributed by atoms with E-state index in [9.17, 15) is 29.0 Å². The zero-order valence-corrected chi connectivity index (χ0v) is 17.2. The van der Waals surface area contributed by atoms with Crippen molar-refractivity contribution in [3.05, 3.63) is 33.1 Å². The maximum Gasteiger partial charge on any atom is 1.00 e. The van der Waals surface area contributed by atoms with Gasteiger partial charge in [-0.2, -0.15) is 0 Å². The number of phosphoric acid groups is 1. The first kappa shape index (κ1) is 23.7. The Kier molecular flexibility index (Phi) is 9.66. The van der Waals surface area contributed by atoms with Crippen LogP contribution in [0, 0.1) is 0 Å². The summed E-state index contributed by atoms with van der Waals surface area (Å²) in [5.74, 6) is 0. The Balaban J connectivity index is 0.00000242. The molecule has 4 atom stereocenters. The smallest absolute Gasteiger partial charge is 0.790 e. The average Bonchev–Trinajstić information content (AvgIpc) is 2.65. The minimum Gasteiger partial charge on any atom is -0.790 e. The van der Waals surface area contributed by atoms with Crippen molar-refractivity contribution < 1.29 is 92.9 Å². The summed E-state index contributed by atoms with van der Waals surface area (Å²) in [5.41, 5.74) is -1.66. The summed E-state index contributed by atoms with van der Waals surface area (Å²) in [6.07, 6.45) is -5.17. The van der Waals surface area contributed by atoms with E-state index in [2.05, 4.69) is 4.52 Å². The fraction of sp³-hybridized carbons (Fsp3) is 0.556. The number of hydrogen-bond acceptors (Lipinski definition) is 9. The molecule has 0 saturated carbocycles. The van der Waals surface area contributed by atoms with Crippen molar-refractivity contribution in [1.29, 1.82) is 0 Å². The van der Waals surface area contributed by atoms with Gasteiger partial charge in [-0.25, -0.2) is 4.79 Å². The van der Waals surface area contributed by atoms with Gasteiger partial charge < -0.3 is 33.8 Å². The van der Waals surface area contributed by atoms with Crippen LogP contribution in [0.3, 0.4) is 0 Å². The molecule has 0 aliphatic carbocycles. The van der Waals surface area contributed by atoms with Gasteiger partial charge in [-0.1, -0.05) is 0 Å². The molecule has 0 bridgehead atoms. The van der Waals surface area contributed by atoms with Crippen molar-refractivity contribution in [1.82, 2.24) is 9.55 Å². The van der Waals surface area contributed by atoms with Gasteiger partial charge in [0.1, 0.15) is 18.3 Å². The van der Waals surface area contributed by atoms with Gasteiger partial charge in [-0.3, -0.25) is 14.3 Å². The number of phosphoric ester groups is 1. The van der Waals surface area contributed by atoms with Gasteiger partial charge in [0.25, 0.3) is 5.56 Å². The van der Waals surface area contributed by atoms with Crippen LogP contribution in [0.25, 0.3) is 0 Å². The number of aliphatic hydroxyl groups is 2. The first-order valence-electron chi connectivity index (χ1n) is 5.69. The van der Waals surface area contributed by atoms with Crippen molar-refractivity contribution >= 4 is 7.82 Å². The van der Waals surface area contributed by atoms with Crippen LogP contribution in [0.4, 0.5) is 0 Å². The molecule has 1 aromatic rings. The number of aliphatic hydroxyl groups excluding tert-OH is 2. The first-order valence-corrected chi connectivity index (χ1v) is 7.15. The van der Waals surface area contributed by atoms with Crippen LogP contribution < -0.4 is 80.2 Å². The molecule has 14 heteroatoms. The third-order valence-corrected chi connectivity index (χ3v) is 3.37. The molecule has 1 saturated heterocycles. The largest absolute Gasteiger partial charge is 1.00 e. The van der Waals surface area contributed by atoms with E-state index >= 15 is 0 Å². The van der Waals surface area contributed by atoms with Gasteiger partial charge in [-0.05, 0) is 0 Å². The van der Waals surface area contributed by atoms with Crippen LogP contribution in [0.5, 0.6) is 0 Å². The molecular weight excluding hydrogens is 357 g/mol. The fourth-order valence-corrected chi connectivity index (χ4v) is 2.51. The molecule has 1 aromatic heterocycles. The molecule has 2 rings (SSSR count). The molecule has 0 radical (unpaired) electrons. The Hall–Kier alpha value is 0.670. The van der Waals surface area contributed by atoms with E-state index in [4.69, 9.17) is 9.84 Å². The maximum absolute atomic E-state index is 11.6. The van der Waals surface area contributed by atoms with Crippen molar-refractivity contribution in [3.63, 3.8) is 0 Å². The van der Waals surface area contributed by atoms with Gasteiger partial charge in [0.05, 0.1) is 14.4 Å². The van der Waals surface area contributed by atoms with Gasteiger partial charge in [0.2, 0.25) is 0 Å². The zero-order chi connectivity index (χ0) is 15.8. The van der Waals surface area contributed by atoms with Crippen LogP contribution in [0.15, 0.2) is 21.9 Å². The third kappa shape index (κ3) is 5.86. The molecule has 1 aliphatic heterocycles. The minimum atomic E-state index is -5.48. The summed E-state index contributed by atoms with van der Waals surface area (Å²) >= 11 is 0. The number of aromatic nitrogens is 2. The molecule has 0 amide bonds. The molecule has 1 fully saturated rings. The maximum atomic E-state index is 11.6. The second-order valence-corrected chi connectivity index (χ2v) is 5.38. The second-order valence-electron chi connectivity index (χ2n) is 4.27. The Morgan fingerprint density at radius 1 is 1.39 bits per heavy atom. The monoisotopic (exact) mass is 368 g/mol. The summed E-state index contributed by atoms with van der Waals surface area (Å²) in [7, 11) is -5.48. The molecule has 2 heterocycles. The third-order valence-electron chi connectivity index (χ3n) is 2.87. The normalized spacial score (nSPS) is 27.1. The van der Waals surface area contributed by atoms with E-state index in [1.807, 2.05) is 4.98 Å². The number of aromatic amines is 1. The van der Waals surface area contributed by atoms with Gasteiger partial charge in [0.15, 0.2) is 6.23 Å². The van der Waals surface area contributed by atoms with Crippen molar-refractivity contribution in [2.45, 2.75) is 24.5 Å². The summed E-state index contributed by atoms with van der Waals surface area (Å²) < 4.78 is 20.8. The minimum absolute atomic E-state index is 0. The van der Waals surface area contributed by atoms with E-state index in [0.717, 1.165) is 16.8 Å².